The standard InChI is InChI=1S/C13H14N2OS/c1-10(16)17-7-3-4-11-5-6-12-9-14-15(2)13(12)8-11/h3-6,8-9H,7H2,1-2H3. The topological polar surface area (TPSA) is 34.9 Å². The fourth-order valence-corrected chi connectivity index (χ4v) is 2.04. The summed E-state index contributed by atoms with van der Waals surface area (Å²) in [6.45, 7) is 1.58. The predicted molar refractivity (Wildman–Crippen MR) is 72.9 cm³/mol. The van der Waals surface area contributed by atoms with Crippen LogP contribution in [-0.2, 0) is 11.8 Å². The third kappa shape index (κ3) is 2.97. The van der Waals surface area contributed by atoms with Crippen LogP contribution in [0.4, 0.5) is 0 Å². The molecule has 2 aromatic rings. The van der Waals surface area contributed by atoms with E-state index in [4.69, 9.17) is 0 Å². The van der Waals surface area contributed by atoms with Gasteiger partial charge in [-0.1, -0.05) is 36.0 Å². The van der Waals surface area contributed by atoms with Crippen LogP contribution < -0.4 is 0 Å². The Morgan fingerprint density at radius 1 is 1.53 bits per heavy atom. The van der Waals surface area contributed by atoms with E-state index in [0.29, 0.717) is 0 Å². The van der Waals surface area contributed by atoms with Gasteiger partial charge in [0.05, 0.1) is 11.7 Å². The smallest absolute Gasteiger partial charge is 0.186 e. The first kappa shape index (κ1) is 11.9. The van der Waals surface area contributed by atoms with E-state index >= 15 is 0 Å². The van der Waals surface area contributed by atoms with E-state index in [2.05, 4.69) is 23.3 Å². The van der Waals surface area contributed by atoms with E-state index in [1.165, 1.54) is 11.8 Å². The highest BCUT2D eigenvalue weighted by Crippen LogP contribution is 2.16. The van der Waals surface area contributed by atoms with Gasteiger partial charge in [-0.2, -0.15) is 5.10 Å². The molecule has 88 valence electrons. The zero-order chi connectivity index (χ0) is 12.3. The summed E-state index contributed by atoms with van der Waals surface area (Å²) in [6, 6.07) is 6.20. The van der Waals surface area contributed by atoms with E-state index in [1.54, 1.807) is 6.92 Å². The molecule has 1 aromatic carbocycles. The number of aryl methyl sites for hydroxylation is 1. The number of carbonyl (C=O) groups is 1. The molecule has 0 bridgehead atoms. The maximum absolute atomic E-state index is 10.8. The molecule has 2 rings (SSSR count). The summed E-state index contributed by atoms with van der Waals surface area (Å²) in [5, 5.41) is 5.49. The van der Waals surface area contributed by atoms with Crippen LogP contribution >= 0.6 is 11.8 Å². The van der Waals surface area contributed by atoms with Crippen molar-refractivity contribution in [3.63, 3.8) is 0 Å². The van der Waals surface area contributed by atoms with Crippen molar-refractivity contribution in [2.75, 3.05) is 5.75 Å². The van der Waals surface area contributed by atoms with Gasteiger partial charge in [-0.05, 0) is 11.6 Å². The summed E-state index contributed by atoms with van der Waals surface area (Å²) >= 11 is 1.32. The monoisotopic (exact) mass is 246 g/mol. The van der Waals surface area contributed by atoms with E-state index < -0.39 is 0 Å². The van der Waals surface area contributed by atoms with Gasteiger partial charge in [0.2, 0.25) is 0 Å². The number of aromatic nitrogens is 2. The van der Waals surface area contributed by atoms with Gasteiger partial charge in [0.1, 0.15) is 0 Å². The third-order valence-electron chi connectivity index (χ3n) is 2.47. The first-order chi connectivity index (χ1) is 8.16. The molecule has 1 heterocycles. The molecule has 0 saturated heterocycles. The van der Waals surface area contributed by atoms with Gasteiger partial charge in [-0.3, -0.25) is 9.48 Å². The van der Waals surface area contributed by atoms with Crippen molar-refractivity contribution in [2.45, 2.75) is 6.92 Å². The minimum atomic E-state index is 0.150. The molecule has 0 unspecified atom stereocenters. The zero-order valence-electron chi connectivity index (χ0n) is 9.88. The molecule has 0 aliphatic carbocycles. The van der Waals surface area contributed by atoms with Crippen LogP contribution in [0.3, 0.4) is 0 Å². The lowest BCUT2D eigenvalue weighted by Crippen LogP contribution is -1.88. The van der Waals surface area contributed by atoms with Gasteiger partial charge in [0.25, 0.3) is 0 Å². The Morgan fingerprint density at radius 3 is 3.12 bits per heavy atom. The minimum Gasteiger partial charge on any atom is -0.288 e. The van der Waals surface area contributed by atoms with Gasteiger partial charge < -0.3 is 0 Å². The lowest BCUT2D eigenvalue weighted by atomic mass is 10.1. The molecule has 0 atom stereocenters. The number of benzene rings is 1. The molecule has 1 aromatic heterocycles. The van der Waals surface area contributed by atoms with Gasteiger partial charge in [-0.15, -0.1) is 0 Å². The number of nitrogens with zero attached hydrogens (tertiary/aromatic N) is 2. The molecule has 0 N–H and O–H groups in total. The highest BCUT2D eigenvalue weighted by Gasteiger charge is 1.98. The Labute approximate surface area is 105 Å². The number of carbonyl (C=O) groups excluding carboxylic acids is 1. The summed E-state index contributed by atoms with van der Waals surface area (Å²) in [5.41, 5.74) is 2.25. The summed E-state index contributed by atoms with van der Waals surface area (Å²) in [7, 11) is 1.93. The highest BCUT2D eigenvalue weighted by molar-refractivity contribution is 8.13. The Morgan fingerprint density at radius 2 is 2.35 bits per heavy atom. The molecule has 4 heteroatoms. The van der Waals surface area contributed by atoms with Gasteiger partial charge in [0.15, 0.2) is 5.12 Å². The van der Waals surface area contributed by atoms with E-state index in [0.717, 1.165) is 22.2 Å². The van der Waals surface area contributed by atoms with Crippen molar-refractivity contribution in [3.8, 4) is 0 Å². The summed E-state index contributed by atoms with van der Waals surface area (Å²) < 4.78 is 1.86. The van der Waals surface area contributed by atoms with Crippen molar-refractivity contribution in [1.82, 2.24) is 9.78 Å². The number of thioether (sulfide) groups is 1. The average Bonchev–Trinajstić information content (AvgIpc) is 2.66. The Balaban J connectivity index is 2.13. The first-order valence-corrected chi connectivity index (χ1v) is 6.37. The highest BCUT2D eigenvalue weighted by atomic mass is 32.2. The van der Waals surface area contributed by atoms with Crippen molar-refractivity contribution in [3.05, 3.63) is 36.0 Å². The van der Waals surface area contributed by atoms with Crippen LogP contribution in [0.25, 0.3) is 17.0 Å². The summed E-state index contributed by atoms with van der Waals surface area (Å²) in [4.78, 5) is 10.8. The molecular weight excluding hydrogens is 232 g/mol. The first-order valence-electron chi connectivity index (χ1n) is 5.38. The Bertz CT molecular complexity index is 572. The predicted octanol–water partition coefficient (Wildman–Crippen LogP) is 2.87. The van der Waals surface area contributed by atoms with Crippen LogP contribution in [0.1, 0.15) is 12.5 Å². The average molecular weight is 246 g/mol. The van der Waals surface area contributed by atoms with Gasteiger partial charge in [-0.25, -0.2) is 0 Å². The molecule has 17 heavy (non-hydrogen) atoms. The van der Waals surface area contributed by atoms with Crippen LogP contribution in [0, 0.1) is 0 Å². The van der Waals surface area contributed by atoms with Crippen LogP contribution in [0.15, 0.2) is 30.5 Å². The number of fused-ring (bicyclic) bond motifs is 1. The Hall–Kier alpha value is -1.55. The summed E-state index contributed by atoms with van der Waals surface area (Å²) in [6.07, 6.45) is 5.89. The minimum absolute atomic E-state index is 0.150. The van der Waals surface area contributed by atoms with Crippen molar-refractivity contribution in [2.24, 2.45) is 7.05 Å². The maximum atomic E-state index is 10.8. The summed E-state index contributed by atoms with van der Waals surface area (Å²) in [5.74, 6) is 0.721. The quantitative estimate of drug-likeness (QED) is 0.835. The van der Waals surface area contributed by atoms with E-state index in [-0.39, 0.29) is 5.12 Å². The SMILES string of the molecule is CC(=O)SCC=Cc1ccc2cnn(C)c2c1. The van der Waals surface area contributed by atoms with E-state index in [9.17, 15) is 4.79 Å². The number of rotatable bonds is 3. The molecule has 0 saturated carbocycles. The van der Waals surface area contributed by atoms with Gasteiger partial charge in [0, 0.05) is 25.1 Å². The molecule has 0 spiro atoms. The largest absolute Gasteiger partial charge is 0.288 e. The van der Waals surface area contributed by atoms with Crippen LogP contribution in [0.5, 0.6) is 0 Å². The second kappa shape index (κ2) is 5.19. The number of hydrogen-bond donors (Lipinski definition) is 0. The fourth-order valence-electron chi connectivity index (χ4n) is 1.61. The maximum Gasteiger partial charge on any atom is 0.186 e. The molecule has 0 fully saturated rings. The van der Waals surface area contributed by atoms with Crippen molar-refractivity contribution < 1.29 is 4.79 Å². The lowest BCUT2D eigenvalue weighted by Gasteiger charge is -1.97. The normalized spacial score (nSPS) is 11.4. The van der Waals surface area contributed by atoms with Crippen molar-refractivity contribution in [1.29, 1.82) is 0 Å². The molecule has 0 radical (unpaired) electrons. The molecule has 0 aliphatic heterocycles. The third-order valence-corrected chi connectivity index (χ3v) is 3.23. The van der Waals surface area contributed by atoms with Crippen LogP contribution in [-0.4, -0.2) is 20.6 Å². The van der Waals surface area contributed by atoms with Gasteiger partial charge >= 0.3 is 0 Å². The second-order valence-electron chi connectivity index (χ2n) is 3.79. The molecule has 3 nitrogen and oxygen atoms in total. The number of hydrogen-bond acceptors (Lipinski definition) is 3. The zero-order valence-corrected chi connectivity index (χ0v) is 10.7. The van der Waals surface area contributed by atoms with Crippen molar-refractivity contribution >= 4 is 33.9 Å². The molecule has 0 aliphatic rings. The fraction of sp³-hybridized carbons (Fsp3) is 0.231. The molecule has 0 amide bonds. The lowest BCUT2D eigenvalue weighted by molar-refractivity contribution is -0.109. The van der Waals surface area contributed by atoms with E-state index in [1.807, 2.05) is 30.1 Å². The molecular formula is C13H14N2OS. The second-order valence-corrected chi connectivity index (χ2v) is 4.99. The Kier molecular flexibility index (Phi) is 3.64. The van der Waals surface area contributed by atoms with Crippen LogP contribution in [0.2, 0.25) is 0 Å².